The Kier molecular flexibility index (Phi) is 14.1. The summed E-state index contributed by atoms with van der Waals surface area (Å²) in [4.78, 5) is 7.07. The van der Waals surface area contributed by atoms with Gasteiger partial charge in [-0.05, 0) is 12.3 Å². The van der Waals surface area contributed by atoms with Crippen LogP contribution in [0.5, 0.6) is 0 Å². The first kappa shape index (κ1) is 22.5. The Balaban J connectivity index is 1.73. The second kappa shape index (κ2) is 15.7. The first-order valence-corrected chi connectivity index (χ1v) is 11.5. The van der Waals surface area contributed by atoms with Gasteiger partial charge < -0.3 is 4.90 Å². The van der Waals surface area contributed by atoms with E-state index in [1.807, 2.05) is 0 Å². The van der Waals surface area contributed by atoms with E-state index < -0.39 is 0 Å². The summed E-state index contributed by atoms with van der Waals surface area (Å²) in [5.74, 6) is 2.24. The van der Waals surface area contributed by atoms with Crippen LogP contribution in [-0.2, 0) is 0 Å². The number of amidine groups is 1. The number of hydrogen-bond donors (Lipinski definition) is 0. The molecule has 0 unspecified atom stereocenters. The minimum absolute atomic E-state index is 0.892. The lowest BCUT2D eigenvalue weighted by molar-refractivity contribution is 0.424. The van der Waals surface area contributed by atoms with Crippen LogP contribution in [-0.4, -0.2) is 30.4 Å². The Morgan fingerprint density at radius 3 is 1.72 bits per heavy atom. The summed E-state index contributed by atoms with van der Waals surface area (Å²) in [7, 11) is 0. The maximum atomic E-state index is 4.57. The van der Waals surface area contributed by atoms with E-state index in [4.69, 9.17) is 0 Å². The van der Waals surface area contributed by atoms with Crippen LogP contribution in [0.25, 0.3) is 0 Å². The average Bonchev–Trinajstić information content (AvgIpc) is 3.05. The average molecular weight is 351 g/mol. The molecule has 0 radical (unpaired) electrons. The van der Waals surface area contributed by atoms with Gasteiger partial charge in [-0.15, -0.1) is 0 Å². The minimum atomic E-state index is 0.892. The van der Waals surface area contributed by atoms with E-state index >= 15 is 0 Å². The Labute approximate surface area is 158 Å². The second-order valence-electron chi connectivity index (χ2n) is 8.42. The van der Waals surface area contributed by atoms with Gasteiger partial charge in [-0.3, -0.25) is 4.99 Å². The Hall–Kier alpha value is -0.530. The minimum Gasteiger partial charge on any atom is -0.359 e. The van der Waals surface area contributed by atoms with Crippen molar-refractivity contribution < 1.29 is 0 Å². The number of rotatable bonds is 17. The summed E-state index contributed by atoms with van der Waals surface area (Å²) in [6.07, 6.45) is 21.4. The number of aliphatic imine (C=N–C) groups is 1. The van der Waals surface area contributed by atoms with E-state index in [1.165, 1.54) is 109 Å². The molecule has 0 fully saturated rings. The van der Waals surface area contributed by atoms with Gasteiger partial charge in [-0.1, -0.05) is 104 Å². The molecule has 1 aliphatic heterocycles. The van der Waals surface area contributed by atoms with Gasteiger partial charge in [0.25, 0.3) is 0 Å². The Morgan fingerprint density at radius 2 is 1.24 bits per heavy atom. The SMILES string of the molecule is CCC1=NCCN1CCCCCCCCCCCCCCCC(C)C. The summed E-state index contributed by atoms with van der Waals surface area (Å²) in [6.45, 7) is 10.3. The van der Waals surface area contributed by atoms with Crippen molar-refractivity contribution in [1.82, 2.24) is 4.90 Å². The molecular weight excluding hydrogens is 304 g/mol. The Bertz CT molecular complexity index is 322. The smallest absolute Gasteiger partial charge is 0.0987 e. The van der Waals surface area contributed by atoms with Gasteiger partial charge in [0.05, 0.1) is 12.4 Å². The van der Waals surface area contributed by atoms with E-state index in [1.54, 1.807) is 0 Å². The molecule has 1 heterocycles. The topological polar surface area (TPSA) is 15.6 Å². The number of nitrogens with zero attached hydrogens (tertiary/aromatic N) is 2. The Morgan fingerprint density at radius 1 is 0.760 bits per heavy atom. The highest BCUT2D eigenvalue weighted by atomic mass is 15.2. The first-order chi connectivity index (χ1) is 12.2. The van der Waals surface area contributed by atoms with Gasteiger partial charge in [0.15, 0.2) is 0 Å². The van der Waals surface area contributed by atoms with Crippen molar-refractivity contribution in [1.29, 1.82) is 0 Å². The van der Waals surface area contributed by atoms with Gasteiger partial charge in [0.2, 0.25) is 0 Å². The lowest BCUT2D eigenvalue weighted by atomic mass is 10.0. The van der Waals surface area contributed by atoms with Gasteiger partial charge in [-0.25, -0.2) is 0 Å². The van der Waals surface area contributed by atoms with E-state index in [2.05, 4.69) is 30.7 Å². The van der Waals surface area contributed by atoms with Crippen molar-refractivity contribution in [2.75, 3.05) is 19.6 Å². The van der Waals surface area contributed by atoms with Crippen LogP contribution >= 0.6 is 0 Å². The third-order valence-electron chi connectivity index (χ3n) is 5.55. The molecule has 0 saturated heterocycles. The van der Waals surface area contributed by atoms with Crippen LogP contribution in [0.2, 0.25) is 0 Å². The molecule has 2 heteroatoms. The molecule has 0 amide bonds. The van der Waals surface area contributed by atoms with Crippen LogP contribution in [0.1, 0.15) is 117 Å². The molecule has 0 bridgehead atoms. The predicted octanol–water partition coefficient (Wildman–Crippen LogP) is 7.23. The van der Waals surface area contributed by atoms with E-state index in [9.17, 15) is 0 Å². The molecule has 0 atom stereocenters. The lowest BCUT2D eigenvalue weighted by Crippen LogP contribution is -2.28. The molecule has 0 aromatic carbocycles. The van der Waals surface area contributed by atoms with Crippen molar-refractivity contribution in [3.05, 3.63) is 0 Å². The fourth-order valence-corrected chi connectivity index (χ4v) is 3.90. The van der Waals surface area contributed by atoms with Crippen LogP contribution < -0.4 is 0 Å². The largest absolute Gasteiger partial charge is 0.359 e. The van der Waals surface area contributed by atoms with Crippen molar-refractivity contribution in [3.8, 4) is 0 Å². The lowest BCUT2D eigenvalue weighted by Gasteiger charge is -2.19. The summed E-state index contributed by atoms with van der Waals surface area (Å²) in [6, 6.07) is 0. The zero-order valence-corrected chi connectivity index (χ0v) is 17.7. The molecule has 25 heavy (non-hydrogen) atoms. The molecule has 148 valence electrons. The summed E-state index contributed by atoms with van der Waals surface area (Å²) >= 11 is 0. The highest BCUT2D eigenvalue weighted by molar-refractivity contribution is 5.83. The molecule has 0 aliphatic carbocycles. The fraction of sp³-hybridized carbons (Fsp3) is 0.957. The summed E-state index contributed by atoms with van der Waals surface area (Å²) in [5.41, 5.74) is 0. The molecule has 0 aromatic rings. The summed E-state index contributed by atoms with van der Waals surface area (Å²) < 4.78 is 0. The zero-order valence-electron chi connectivity index (χ0n) is 17.7. The van der Waals surface area contributed by atoms with Gasteiger partial charge in [-0.2, -0.15) is 0 Å². The molecule has 0 spiro atoms. The first-order valence-electron chi connectivity index (χ1n) is 11.5. The molecule has 1 rings (SSSR count). The van der Waals surface area contributed by atoms with Gasteiger partial charge >= 0.3 is 0 Å². The molecule has 0 N–H and O–H groups in total. The normalized spacial score (nSPS) is 14.6. The van der Waals surface area contributed by atoms with Crippen molar-refractivity contribution in [2.24, 2.45) is 10.9 Å². The predicted molar refractivity (Wildman–Crippen MR) is 114 cm³/mol. The van der Waals surface area contributed by atoms with Crippen molar-refractivity contribution >= 4 is 5.84 Å². The quantitative estimate of drug-likeness (QED) is 0.253. The maximum Gasteiger partial charge on any atom is 0.0987 e. The monoisotopic (exact) mass is 350 g/mol. The van der Waals surface area contributed by atoms with Gasteiger partial charge in [0.1, 0.15) is 0 Å². The standard InChI is InChI=1S/C23H46N2/c1-4-23-24-19-21-25(23)20-17-15-13-11-9-7-5-6-8-10-12-14-16-18-22(2)3/h22H,4-21H2,1-3H3. The van der Waals surface area contributed by atoms with Crippen LogP contribution in [0.3, 0.4) is 0 Å². The van der Waals surface area contributed by atoms with E-state index in [0.717, 1.165) is 18.9 Å². The van der Waals surface area contributed by atoms with Gasteiger partial charge in [0, 0.05) is 19.5 Å². The highest BCUT2D eigenvalue weighted by Crippen LogP contribution is 2.14. The molecular formula is C23H46N2. The second-order valence-corrected chi connectivity index (χ2v) is 8.42. The van der Waals surface area contributed by atoms with Crippen LogP contribution in [0, 0.1) is 5.92 Å². The molecule has 2 nitrogen and oxygen atoms in total. The highest BCUT2D eigenvalue weighted by Gasteiger charge is 2.13. The number of hydrogen-bond acceptors (Lipinski definition) is 2. The van der Waals surface area contributed by atoms with E-state index in [-0.39, 0.29) is 0 Å². The maximum absolute atomic E-state index is 4.57. The van der Waals surface area contributed by atoms with Crippen LogP contribution in [0.15, 0.2) is 4.99 Å². The fourth-order valence-electron chi connectivity index (χ4n) is 3.90. The summed E-state index contributed by atoms with van der Waals surface area (Å²) in [5, 5.41) is 0. The number of unbranched alkanes of at least 4 members (excludes halogenated alkanes) is 12. The third kappa shape index (κ3) is 12.5. The van der Waals surface area contributed by atoms with Crippen molar-refractivity contribution in [2.45, 2.75) is 117 Å². The van der Waals surface area contributed by atoms with Crippen LogP contribution in [0.4, 0.5) is 0 Å². The molecule has 0 aromatic heterocycles. The third-order valence-corrected chi connectivity index (χ3v) is 5.55. The molecule has 0 saturated carbocycles. The van der Waals surface area contributed by atoms with E-state index in [0.29, 0.717) is 0 Å². The molecule has 1 aliphatic rings. The zero-order chi connectivity index (χ0) is 18.2. The van der Waals surface area contributed by atoms with Crippen molar-refractivity contribution in [3.63, 3.8) is 0 Å².